The largest absolute Gasteiger partial charge is 0.452 e. The van der Waals surface area contributed by atoms with Crippen molar-refractivity contribution < 1.29 is 19.1 Å². The second kappa shape index (κ2) is 7.31. The van der Waals surface area contributed by atoms with Crippen molar-refractivity contribution in [3.8, 4) is 5.75 Å². The van der Waals surface area contributed by atoms with Gasteiger partial charge in [0.1, 0.15) is 0 Å². The zero-order valence-corrected chi connectivity index (χ0v) is 14.1. The molecule has 5 nitrogen and oxygen atoms in total. The molecule has 0 saturated carbocycles. The van der Waals surface area contributed by atoms with Gasteiger partial charge in [0.15, 0.2) is 5.75 Å². The molecule has 0 N–H and O–H groups in total. The summed E-state index contributed by atoms with van der Waals surface area (Å²) in [6.45, 7) is 5.60. The van der Waals surface area contributed by atoms with Gasteiger partial charge < -0.3 is 9.47 Å². The summed E-state index contributed by atoms with van der Waals surface area (Å²) < 4.78 is 11.9. The van der Waals surface area contributed by atoms with Crippen molar-refractivity contribution >= 4 is 23.0 Å². The maximum absolute atomic E-state index is 12.3. The zero-order valence-electron chi connectivity index (χ0n) is 14.1. The number of carbonyl (C=O) groups excluding carboxylic acids is 2. The van der Waals surface area contributed by atoms with E-state index in [0.29, 0.717) is 29.3 Å². The molecule has 1 aromatic heterocycles. The van der Waals surface area contributed by atoms with E-state index in [1.54, 1.807) is 0 Å². The molecule has 0 aliphatic heterocycles. The first kappa shape index (κ1) is 17.1. The van der Waals surface area contributed by atoms with E-state index in [2.05, 4.69) is 13.8 Å². The standard InChI is InChI=1S/C18H23NO4/c1-5-13(6-2)11-16-17(23-12(3)20)14-9-7-8-10-15(14)19(16)18(21)22-4/h7-10,13H,5-6,11H2,1-4H3. The quantitative estimate of drug-likeness (QED) is 0.777. The minimum atomic E-state index is -0.472. The number of hydrogen-bond donors (Lipinski definition) is 0. The Morgan fingerprint density at radius 2 is 1.83 bits per heavy atom. The van der Waals surface area contributed by atoms with Crippen LogP contribution in [0.5, 0.6) is 5.75 Å². The Labute approximate surface area is 136 Å². The molecule has 0 aliphatic rings. The van der Waals surface area contributed by atoms with Gasteiger partial charge in [0.25, 0.3) is 0 Å². The lowest BCUT2D eigenvalue weighted by Gasteiger charge is -2.15. The smallest absolute Gasteiger partial charge is 0.418 e. The van der Waals surface area contributed by atoms with Crippen molar-refractivity contribution in [3.63, 3.8) is 0 Å². The Bertz CT molecular complexity index is 713. The van der Waals surface area contributed by atoms with E-state index >= 15 is 0 Å². The number of nitrogens with zero attached hydrogens (tertiary/aromatic N) is 1. The Morgan fingerprint density at radius 1 is 1.17 bits per heavy atom. The van der Waals surface area contributed by atoms with Crippen molar-refractivity contribution in [1.82, 2.24) is 4.57 Å². The molecule has 1 aromatic carbocycles. The van der Waals surface area contributed by atoms with Crippen LogP contribution >= 0.6 is 0 Å². The van der Waals surface area contributed by atoms with Crippen LogP contribution in [-0.4, -0.2) is 23.7 Å². The minimum Gasteiger partial charge on any atom is -0.452 e. The third-order valence-corrected chi connectivity index (χ3v) is 4.16. The third-order valence-electron chi connectivity index (χ3n) is 4.16. The lowest BCUT2D eigenvalue weighted by molar-refractivity contribution is -0.131. The molecule has 0 radical (unpaired) electrons. The number of fused-ring (bicyclic) bond motifs is 1. The van der Waals surface area contributed by atoms with Gasteiger partial charge in [0.2, 0.25) is 0 Å². The number of esters is 1. The molecule has 0 aliphatic carbocycles. The average molecular weight is 317 g/mol. The molecule has 124 valence electrons. The van der Waals surface area contributed by atoms with Gasteiger partial charge in [-0.1, -0.05) is 38.8 Å². The Kier molecular flexibility index (Phi) is 5.42. The molecule has 1 heterocycles. The van der Waals surface area contributed by atoms with Crippen LogP contribution in [-0.2, 0) is 16.0 Å². The number of carbonyl (C=O) groups is 2. The zero-order chi connectivity index (χ0) is 17.0. The van der Waals surface area contributed by atoms with Crippen LogP contribution in [0.1, 0.15) is 39.3 Å². The van der Waals surface area contributed by atoms with Gasteiger partial charge in [-0.05, 0) is 24.5 Å². The summed E-state index contributed by atoms with van der Waals surface area (Å²) >= 11 is 0. The summed E-state index contributed by atoms with van der Waals surface area (Å²) in [4.78, 5) is 23.8. The van der Waals surface area contributed by atoms with E-state index in [1.807, 2.05) is 24.3 Å². The van der Waals surface area contributed by atoms with Crippen LogP contribution in [0.2, 0.25) is 0 Å². The number of aromatic nitrogens is 1. The van der Waals surface area contributed by atoms with E-state index in [0.717, 1.165) is 18.2 Å². The molecular formula is C18H23NO4. The second-order valence-corrected chi connectivity index (χ2v) is 5.58. The first-order valence-electron chi connectivity index (χ1n) is 7.92. The van der Waals surface area contributed by atoms with E-state index in [1.165, 1.54) is 18.6 Å². The first-order chi connectivity index (χ1) is 11.0. The molecule has 0 amide bonds. The molecule has 0 unspecified atom stereocenters. The van der Waals surface area contributed by atoms with Crippen LogP contribution < -0.4 is 4.74 Å². The second-order valence-electron chi connectivity index (χ2n) is 5.58. The monoisotopic (exact) mass is 317 g/mol. The summed E-state index contributed by atoms with van der Waals surface area (Å²) in [5.41, 5.74) is 1.39. The van der Waals surface area contributed by atoms with Crippen LogP contribution in [0.15, 0.2) is 24.3 Å². The highest BCUT2D eigenvalue weighted by atomic mass is 16.5. The molecule has 0 atom stereocenters. The van der Waals surface area contributed by atoms with Gasteiger partial charge in [-0.2, -0.15) is 0 Å². The van der Waals surface area contributed by atoms with Crippen molar-refractivity contribution in [3.05, 3.63) is 30.0 Å². The Balaban J connectivity index is 2.71. The van der Waals surface area contributed by atoms with Gasteiger partial charge in [-0.15, -0.1) is 0 Å². The first-order valence-corrected chi connectivity index (χ1v) is 7.92. The Hall–Kier alpha value is -2.30. The number of hydrogen-bond acceptors (Lipinski definition) is 4. The summed E-state index contributed by atoms with van der Waals surface area (Å²) in [7, 11) is 1.35. The SMILES string of the molecule is CCC(CC)Cc1c(OC(C)=O)c2ccccc2n1C(=O)OC. The molecule has 5 heteroatoms. The van der Waals surface area contributed by atoms with E-state index < -0.39 is 12.1 Å². The van der Waals surface area contributed by atoms with Crippen molar-refractivity contribution in [2.24, 2.45) is 5.92 Å². The molecule has 0 fully saturated rings. The fourth-order valence-corrected chi connectivity index (χ4v) is 2.86. The van der Waals surface area contributed by atoms with Crippen molar-refractivity contribution in [1.29, 1.82) is 0 Å². The predicted molar refractivity (Wildman–Crippen MR) is 88.8 cm³/mol. The number of rotatable bonds is 5. The van der Waals surface area contributed by atoms with Crippen molar-refractivity contribution in [2.45, 2.75) is 40.0 Å². The summed E-state index contributed by atoms with van der Waals surface area (Å²) in [5, 5.41) is 0.744. The number of benzene rings is 1. The molecule has 0 saturated heterocycles. The van der Waals surface area contributed by atoms with E-state index in [4.69, 9.17) is 9.47 Å². The molecule has 0 spiro atoms. The molecule has 2 aromatic rings. The van der Waals surface area contributed by atoms with Crippen LogP contribution in [0.25, 0.3) is 10.9 Å². The van der Waals surface area contributed by atoms with Gasteiger partial charge in [0, 0.05) is 12.3 Å². The molecule has 0 bridgehead atoms. The van der Waals surface area contributed by atoms with Crippen LogP contribution in [0, 0.1) is 5.92 Å². The molecular weight excluding hydrogens is 294 g/mol. The lowest BCUT2D eigenvalue weighted by atomic mass is 9.97. The molecule has 2 rings (SSSR count). The number of ether oxygens (including phenoxy) is 2. The van der Waals surface area contributed by atoms with Crippen LogP contribution in [0.4, 0.5) is 4.79 Å². The topological polar surface area (TPSA) is 57.5 Å². The summed E-state index contributed by atoms with van der Waals surface area (Å²) in [6, 6.07) is 7.39. The van der Waals surface area contributed by atoms with Gasteiger partial charge in [-0.3, -0.25) is 4.79 Å². The fourth-order valence-electron chi connectivity index (χ4n) is 2.86. The predicted octanol–water partition coefficient (Wildman–Crippen LogP) is 4.16. The maximum Gasteiger partial charge on any atom is 0.418 e. The van der Waals surface area contributed by atoms with Crippen LogP contribution in [0.3, 0.4) is 0 Å². The lowest BCUT2D eigenvalue weighted by Crippen LogP contribution is -2.17. The maximum atomic E-state index is 12.3. The van der Waals surface area contributed by atoms with E-state index in [9.17, 15) is 9.59 Å². The normalized spacial score (nSPS) is 11.0. The molecule has 23 heavy (non-hydrogen) atoms. The third kappa shape index (κ3) is 3.38. The average Bonchev–Trinajstić information content (AvgIpc) is 2.85. The minimum absolute atomic E-state index is 0.399. The van der Waals surface area contributed by atoms with Crippen molar-refractivity contribution in [2.75, 3.05) is 7.11 Å². The highest BCUT2D eigenvalue weighted by molar-refractivity contribution is 5.97. The van der Waals surface area contributed by atoms with Gasteiger partial charge in [0.05, 0.1) is 18.3 Å². The highest BCUT2D eigenvalue weighted by Gasteiger charge is 2.25. The van der Waals surface area contributed by atoms with Gasteiger partial charge >= 0.3 is 12.1 Å². The summed E-state index contributed by atoms with van der Waals surface area (Å²) in [6.07, 6.45) is 2.15. The number of para-hydroxylation sites is 1. The highest BCUT2D eigenvalue weighted by Crippen LogP contribution is 2.36. The summed E-state index contributed by atoms with van der Waals surface area (Å²) in [5.74, 6) is 0.464. The van der Waals surface area contributed by atoms with Gasteiger partial charge in [-0.25, -0.2) is 9.36 Å². The Morgan fingerprint density at radius 3 is 2.39 bits per heavy atom. The number of methoxy groups -OCH3 is 1. The van der Waals surface area contributed by atoms with E-state index in [-0.39, 0.29) is 0 Å². The fraction of sp³-hybridized carbons (Fsp3) is 0.444.